The first-order valence-corrected chi connectivity index (χ1v) is 7.09. The van der Waals surface area contributed by atoms with Gasteiger partial charge in [-0.05, 0) is 25.8 Å². The Morgan fingerprint density at radius 3 is 2.40 bits per heavy atom. The zero-order chi connectivity index (χ0) is 15.1. The second-order valence-corrected chi connectivity index (χ2v) is 4.94. The van der Waals surface area contributed by atoms with Crippen LogP contribution in [-0.4, -0.2) is 24.3 Å². The van der Waals surface area contributed by atoms with Crippen LogP contribution in [0, 0.1) is 11.8 Å². The van der Waals surface area contributed by atoms with E-state index in [4.69, 9.17) is 9.47 Å². The molecule has 0 spiro atoms. The van der Waals surface area contributed by atoms with Gasteiger partial charge in [0, 0.05) is 5.56 Å². The van der Waals surface area contributed by atoms with E-state index in [9.17, 15) is 9.90 Å². The summed E-state index contributed by atoms with van der Waals surface area (Å²) in [6, 6.07) is 7.24. The van der Waals surface area contributed by atoms with Gasteiger partial charge < -0.3 is 14.6 Å². The number of ether oxygens (including phenoxy) is 2. The smallest absolute Gasteiger partial charge is 0.312 e. The summed E-state index contributed by atoms with van der Waals surface area (Å²) in [6.07, 6.45) is -0.934. The number of hydrogen-bond acceptors (Lipinski definition) is 4. The minimum Gasteiger partial charge on any atom is -0.493 e. The molecule has 2 atom stereocenters. The third-order valence-corrected chi connectivity index (χ3v) is 3.15. The number of aliphatic hydroxyl groups is 1. The SMILES string of the molecule is CCOC(=O)C(C(C)C)C(O)c1ccccc1OCC. The standard InChI is InChI=1S/C16H24O4/c1-5-19-13-10-8-7-9-12(13)15(17)14(11(3)4)16(18)20-6-2/h7-11,14-15,17H,5-6H2,1-4H3. The first-order valence-electron chi connectivity index (χ1n) is 7.09. The predicted octanol–water partition coefficient (Wildman–Crippen LogP) is 2.95. The van der Waals surface area contributed by atoms with Crippen molar-refractivity contribution in [1.29, 1.82) is 0 Å². The van der Waals surface area contributed by atoms with E-state index in [0.29, 0.717) is 24.5 Å². The number of carbonyl (C=O) groups is 1. The average molecular weight is 280 g/mol. The number of aliphatic hydroxyl groups excluding tert-OH is 1. The second kappa shape index (κ2) is 7.90. The van der Waals surface area contributed by atoms with Crippen LogP contribution >= 0.6 is 0 Å². The normalized spacial score (nSPS) is 13.9. The molecule has 0 bridgehead atoms. The largest absolute Gasteiger partial charge is 0.493 e. The van der Waals surface area contributed by atoms with Gasteiger partial charge in [-0.2, -0.15) is 0 Å². The summed E-state index contributed by atoms with van der Waals surface area (Å²) in [5, 5.41) is 10.6. The van der Waals surface area contributed by atoms with Crippen molar-refractivity contribution >= 4 is 5.97 Å². The Kier molecular flexibility index (Phi) is 6.52. The Morgan fingerprint density at radius 1 is 1.20 bits per heavy atom. The van der Waals surface area contributed by atoms with Crippen LogP contribution in [-0.2, 0) is 9.53 Å². The molecule has 0 saturated heterocycles. The molecule has 1 N–H and O–H groups in total. The van der Waals surface area contributed by atoms with E-state index < -0.39 is 12.0 Å². The van der Waals surface area contributed by atoms with Crippen LogP contribution in [0.1, 0.15) is 39.4 Å². The maximum absolute atomic E-state index is 12.0. The van der Waals surface area contributed by atoms with E-state index >= 15 is 0 Å². The Morgan fingerprint density at radius 2 is 1.85 bits per heavy atom. The van der Waals surface area contributed by atoms with Crippen molar-refractivity contribution in [2.45, 2.75) is 33.8 Å². The van der Waals surface area contributed by atoms with E-state index in [0.717, 1.165) is 0 Å². The van der Waals surface area contributed by atoms with E-state index in [2.05, 4.69) is 0 Å². The molecule has 0 amide bonds. The van der Waals surface area contributed by atoms with Gasteiger partial charge in [0.15, 0.2) is 0 Å². The minimum atomic E-state index is -0.934. The third kappa shape index (κ3) is 3.97. The van der Waals surface area contributed by atoms with Crippen LogP contribution in [0.4, 0.5) is 0 Å². The quantitative estimate of drug-likeness (QED) is 0.780. The molecule has 4 heteroatoms. The molecule has 0 aromatic heterocycles. The zero-order valence-electron chi connectivity index (χ0n) is 12.6. The first-order chi connectivity index (χ1) is 9.52. The first kappa shape index (κ1) is 16.5. The highest BCUT2D eigenvalue weighted by Gasteiger charge is 2.33. The predicted molar refractivity (Wildman–Crippen MR) is 77.5 cm³/mol. The lowest BCUT2D eigenvalue weighted by Crippen LogP contribution is -2.29. The van der Waals surface area contributed by atoms with Crippen molar-refractivity contribution in [3.8, 4) is 5.75 Å². The molecule has 1 rings (SSSR count). The summed E-state index contributed by atoms with van der Waals surface area (Å²) in [7, 11) is 0. The molecule has 1 aromatic rings. The molecule has 0 aliphatic heterocycles. The Balaban J connectivity index is 3.06. The Hall–Kier alpha value is -1.55. The van der Waals surface area contributed by atoms with Gasteiger partial charge in [0.25, 0.3) is 0 Å². The van der Waals surface area contributed by atoms with Gasteiger partial charge in [-0.15, -0.1) is 0 Å². The third-order valence-electron chi connectivity index (χ3n) is 3.15. The summed E-state index contributed by atoms with van der Waals surface area (Å²) >= 11 is 0. The fourth-order valence-electron chi connectivity index (χ4n) is 2.21. The Bertz CT molecular complexity index is 428. The summed E-state index contributed by atoms with van der Waals surface area (Å²) in [5.41, 5.74) is 0.626. The van der Waals surface area contributed by atoms with E-state index in [1.54, 1.807) is 19.1 Å². The zero-order valence-corrected chi connectivity index (χ0v) is 12.6. The second-order valence-electron chi connectivity index (χ2n) is 4.94. The maximum Gasteiger partial charge on any atom is 0.312 e. The van der Waals surface area contributed by atoms with Crippen molar-refractivity contribution in [3.63, 3.8) is 0 Å². The summed E-state index contributed by atoms with van der Waals surface area (Å²) in [6.45, 7) is 8.25. The molecular weight excluding hydrogens is 256 g/mol. The maximum atomic E-state index is 12.0. The lowest BCUT2D eigenvalue weighted by atomic mass is 9.86. The van der Waals surface area contributed by atoms with Crippen LogP contribution in [0.25, 0.3) is 0 Å². The monoisotopic (exact) mass is 280 g/mol. The molecule has 1 aromatic carbocycles. The van der Waals surface area contributed by atoms with Crippen LogP contribution in [0.3, 0.4) is 0 Å². The summed E-state index contributed by atoms with van der Waals surface area (Å²) < 4.78 is 10.6. The van der Waals surface area contributed by atoms with Crippen LogP contribution in [0.2, 0.25) is 0 Å². The molecule has 0 aliphatic carbocycles. The van der Waals surface area contributed by atoms with E-state index in [1.165, 1.54) is 0 Å². The highest BCUT2D eigenvalue weighted by molar-refractivity contribution is 5.74. The van der Waals surface area contributed by atoms with Gasteiger partial charge in [-0.25, -0.2) is 0 Å². The minimum absolute atomic E-state index is 0.0290. The molecule has 4 nitrogen and oxygen atoms in total. The molecule has 0 heterocycles. The lowest BCUT2D eigenvalue weighted by Gasteiger charge is -2.26. The molecule has 112 valence electrons. The van der Waals surface area contributed by atoms with Crippen LogP contribution < -0.4 is 4.74 Å². The van der Waals surface area contributed by atoms with Gasteiger partial charge in [0.2, 0.25) is 0 Å². The molecule has 0 radical (unpaired) electrons. The fraction of sp³-hybridized carbons (Fsp3) is 0.562. The number of esters is 1. The number of benzene rings is 1. The fourth-order valence-corrected chi connectivity index (χ4v) is 2.21. The van der Waals surface area contributed by atoms with Crippen molar-refractivity contribution in [2.75, 3.05) is 13.2 Å². The van der Waals surface area contributed by atoms with Crippen molar-refractivity contribution in [1.82, 2.24) is 0 Å². The molecule has 0 aliphatic rings. The van der Waals surface area contributed by atoms with Crippen molar-refractivity contribution in [2.24, 2.45) is 11.8 Å². The van der Waals surface area contributed by atoms with Gasteiger partial charge in [0.1, 0.15) is 5.75 Å². The van der Waals surface area contributed by atoms with E-state index in [1.807, 2.05) is 32.9 Å². The van der Waals surface area contributed by atoms with Gasteiger partial charge in [-0.3, -0.25) is 4.79 Å². The van der Waals surface area contributed by atoms with Crippen LogP contribution in [0.15, 0.2) is 24.3 Å². The van der Waals surface area contributed by atoms with Crippen LogP contribution in [0.5, 0.6) is 5.75 Å². The Labute approximate surface area is 120 Å². The number of rotatable bonds is 7. The van der Waals surface area contributed by atoms with Crippen molar-refractivity contribution in [3.05, 3.63) is 29.8 Å². The van der Waals surface area contributed by atoms with Gasteiger partial charge in [0.05, 0.1) is 25.2 Å². The number of carbonyl (C=O) groups excluding carboxylic acids is 1. The highest BCUT2D eigenvalue weighted by atomic mass is 16.5. The average Bonchev–Trinajstić information content (AvgIpc) is 2.39. The molecule has 2 unspecified atom stereocenters. The van der Waals surface area contributed by atoms with Gasteiger partial charge >= 0.3 is 5.97 Å². The number of para-hydroxylation sites is 1. The molecular formula is C16H24O4. The summed E-state index contributed by atoms with van der Waals surface area (Å²) in [5.74, 6) is -0.394. The number of hydrogen-bond donors (Lipinski definition) is 1. The van der Waals surface area contributed by atoms with Gasteiger partial charge in [-0.1, -0.05) is 32.0 Å². The molecule has 0 fully saturated rings. The van der Waals surface area contributed by atoms with Crippen molar-refractivity contribution < 1.29 is 19.4 Å². The van der Waals surface area contributed by atoms with E-state index in [-0.39, 0.29) is 11.9 Å². The molecule has 20 heavy (non-hydrogen) atoms. The highest BCUT2D eigenvalue weighted by Crippen LogP contribution is 2.34. The summed E-state index contributed by atoms with van der Waals surface area (Å²) in [4.78, 5) is 12.0. The lowest BCUT2D eigenvalue weighted by molar-refractivity contribution is -0.154. The topological polar surface area (TPSA) is 55.8 Å². The molecule has 0 saturated carbocycles.